The lowest BCUT2D eigenvalue weighted by molar-refractivity contribution is -0.145. The third-order valence-electron chi connectivity index (χ3n) is 3.53. The molecule has 1 N–H and O–H groups in total. The monoisotopic (exact) mass is 388 g/mol. The lowest BCUT2D eigenvalue weighted by Crippen LogP contribution is -2.39. The van der Waals surface area contributed by atoms with Crippen LogP contribution in [0.4, 0.5) is 0 Å². The van der Waals surface area contributed by atoms with E-state index in [-0.39, 0.29) is 23.4 Å². The van der Waals surface area contributed by atoms with Crippen molar-refractivity contribution >= 4 is 41.0 Å². The molecular weight excluding hydrogens is 367 g/mol. The highest BCUT2D eigenvalue weighted by Gasteiger charge is 2.22. The maximum atomic E-state index is 12.8. The molecular formula is C17H22Cl2N2O4. The Morgan fingerprint density at radius 3 is 2.48 bits per heavy atom. The highest BCUT2D eigenvalue weighted by molar-refractivity contribution is 6.42. The number of hydrogen-bond acceptors (Lipinski definition) is 4. The summed E-state index contributed by atoms with van der Waals surface area (Å²) in [6.45, 7) is 4.13. The van der Waals surface area contributed by atoms with Crippen molar-refractivity contribution in [2.75, 3.05) is 26.7 Å². The van der Waals surface area contributed by atoms with Gasteiger partial charge in [-0.15, -0.1) is 0 Å². The summed E-state index contributed by atoms with van der Waals surface area (Å²) in [5, 5.41) is 3.32. The number of halogens is 2. The number of nitrogens with zero attached hydrogens (tertiary/aromatic N) is 1. The van der Waals surface area contributed by atoms with Gasteiger partial charge in [-0.1, -0.05) is 30.1 Å². The van der Waals surface area contributed by atoms with Crippen molar-refractivity contribution in [1.82, 2.24) is 10.2 Å². The molecule has 0 fully saturated rings. The van der Waals surface area contributed by atoms with Gasteiger partial charge in [0, 0.05) is 32.1 Å². The number of benzene rings is 1. The molecule has 1 rings (SSSR count). The predicted octanol–water partition coefficient (Wildman–Crippen LogP) is 2.77. The average Bonchev–Trinajstić information content (AvgIpc) is 2.58. The van der Waals surface area contributed by atoms with Crippen molar-refractivity contribution in [3.05, 3.63) is 33.8 Å². The molecule has 0 aliphatic heterocycles. The first-order valence-corrected chi connectivity index (χ1v) is 8.58. The normalized spacial score (nSPS) is 11.6. The van der Waals surface area contributed by atoms with Crippen molar-refractivity contribution in [2.24, 2.45) is 5.92 Å². The first kappa shape index (κ1) is 21.3. The van der Waals surface area contributed by atoms with E-state index in [2.05, 4.69) is 5.32 Å². The molecule has 1 atom stereocenters. The standard InChI is InChI=1S/C17H22Cl2N2O4/c1-11(17(24)25-3)10-21(8-4-7-20-12(2)22)16(23)13-5-6-14(18)15(19)9-13/h5-6,9,11H,4,7-8,10H2,1-3H3,(H,20,22). The topological polar surface area (TPSA) is 75.7 Å². The number of ether oxygens (including phenoxy) is 1. The summed E-state index contributed by atoms with van der Waals surface area (Å²) in [4.78, 5) is 36.9. The van der Waals surface area contributed by atoms with Crippen LogP contribution in [0.25, 0.3) is 0 Å². The summed E-state index contributed by atoms with van der Waals surface area (Å²) in [6, 6.07) is 4.63. The van der Waals surface area contributed by atoms with Crippen LogP contribution in [0.15, 0.2) is 18.2 Å². The molecule has 0 saturated carbocycles. The van der Waals surface area contributed by atoms with E-state index < -0.39 is 11.9 Å². The van der Waals surface area contributed by atoms with E-state index in [0.717, 1.165) is 0 Å². The predicted molar refractivity (Wildman–Crippen MR) is 96.8 cm³/mol. The van der Waals surface area contributed by atoms with Gasteiger partial charge in [-0.05, 0) is 24.6 Å². The summed E-state index contributed by atoms with van der Waals surface area (Å²) in [6.07, 6.45) is 0.556. The molecule has 0 aliphatic carbocycles. The number of methoxy groups -OCH3 is 1. The van der Waals surface area contributed by atoms with Gasteiger partial charge in [-0.2, -0.15) is 0 Å². The van der Waals surface area contributed by atoms with Crippen LogP contribution < -0.4 is 5.32 Å². The molecule has 0 bridgehead atoms. The van der Waals surface area contributed by atoms with Gasteiger partial charge in [0.25, 0.3) is 5.91 Å². The number of esters is 1. The zero-order valence-corrected chi connectivity index (χ0v) is 16.0. The summed E-state index contributed by atoms with van der Waals surface area (Å²) in [5.74, 6) is -1.27. The zero-order chi connectivity index (χ0) is 19.0. The highest BCUT2D eigenvalue weighted by atomic mass is 35.5. The minimum atomic E-state index is -0.475. The number of hydrogen-bond donors (Lipinski definition) is 1. The third kappa shape index (κ3) is 6.92. The quantitative estimate of drug-likeness (QED) is 0.548. The van der Waals surface area contributed by atoms with E-state index in [1.807, 2.05) is 0 Å². The zero-order valence-electron chi connectivity index (χ0n) is 14.5. The average molecular weight is 389 g/mol. The summed E-state index contributed by atoms with van der Waals surface area (Å²) in [7, 11) is 1.31. The smallest absolute Gasteiger partial charge is 0.310 e. The molecule has 0 saturated heterocycles. The Morgan fingerprint density at radius 2 is 1.92 bits per heavy atom. The Hall–Kier alpha value is -1.79. The van der Waals surface area contributed by atoms with Crippen LogP contribution in [0, 0.1) is 5.92 Å². The van der Waals surface area contributed by atoms with Gasteiger partial charge in [0.05, 0.1) is 23.1 Å². The largest absolute Gasteiger partial charge is 0.469 e. The first-order chi connectivity index (χ1) is 11.8. The second-order valence-electron chi connectivity index (χ2n) is 5.64. The van der Waals surface area contributed by atoms with E-state index in [4.69, 9.17) is 27.9 Å². The molecule has 8 heteroatoms. The highest BCUT2D eigenvalue weighted by Crippen LogP contribution is 2.23. The Morgan fingerprint density at radius 1 is 1.24 bits per heavy atom. The fourth-order valence-electron chi connectivity index (χ4n) is 2.23. The Labute approximate surface area is 157 Å². The fourth-order valence-corrected chi connectivity index (χ4v) is 2.53. The van der Waals surface area contributed by atoms with Crippen LogP contribution in [-0.2, 0) is 14.3 Å². The summed E-state index contributed by atoms with van der Waals surface area (Å²) >= 11 is 11.9. The van der Waals surface area contributed by atoms with Gasteiger partial charge < -0.3 is 15.0 Å². The minimum absolute atomic E-state index is 0.134. The lowest BCUT2D eigenvalue weighted by atomic mass is 10.1. The van der Waals surface area contributed by atoms with Gasteiger partial charge in [-0.25, -0.2) is 0 Å². The minimum Gasteiger partial charge on any atom is -0.469 e. The molecule has 0 aromatic heterocycles. The molecule has 0 radical (unpaired) electrons. The van der Waals surface area contributed by atoms with Gasteiger partial charge in [0.15, 0.2) is 0 Å². The van der Waals surface area contributed by atoms with Crippen molar-refractivity contribution in [1.29, 1.82) is 0 Å². The van der Waals surface area contributed by atoms with Crippen LogP contribution in [0.3, 0.4) is 0 Å². The second kappa shape index (κ2) is 10.3. The second-order valence-corrected chi connectivity index (χ2v) is 6.46. The van der Waals surface area contributed by atoms with Crippen LogP contribution in [0.5, 0.6) is 0 Å². The van der Waals surface area contributed by atoms with E-state index in [1.165, 1.54) is 20.1 Å². The molecule has 2 amide bonds. The first-order valence-electron chi connectivity index (χ1n) is 7.82. The van der Waals surface area contributed by atoms with Crippen LogP contribution in [0.1, 0.15) is 30.6 Å². The molecule has 0 heterocycles. The number of nitrogens with one attached hydrogen (secondary N) is 1. The number of carbonyl (C=O) groups is 3. The Kier molecular flexibility index (Phi) is 8.72. The van der Waals surface area contributed by atoms with E-state index in [9.17, 15) is 14.4 Å². The molecule has 1 aromatic rings. The van der Waals surface area contributed by atoms with Crippen LogP contribution >= 0.6 is 23.2 Å². The molecule has 6 nitrogen and oxygen atoms in total. The fraction of sp³-hybridized carbons (Fsp3) is 0.471. The summed E-state index contributed by atoms with van der Waals surface area (Å²) in [5.41, 5.74) is 0.381. The van der Waals surface area contributed by atoms with Crippen molar-refractivity contribution in [3.8, 4) is 0 Å². The third-order valence-corrected chi connectivity index (χ3v) is 4.27. The molecule has 0 spiro atoms. The number of carbonyl (C=O) groups excluding carboxylic acids is 3. The molecule has 1 aromatic carbocycles. The van der Waals surface area contributed by atoms with Crippen molar-refractivity contribution in [3.63, 3.8) is 0 Å². The summed E-state index contributed by atoms with van der Waals surface area (Å²) < 4.78 is 4.72. The Balaban J connectivity index is 2.86. The van der Waals surface area contributed by atoms with Crippen LogP contribution in [0.2, 0.25) is 10.0 Å². The SMILES string of the molecule is COC(=O)C(C)CN(CCCNC(C)=O)C(=O)c1ccc(Cl)c(Cl)c1. The maximum absolute atomic E-state index is 12.8. The molecule has 1 unspecified atom stereocenters. The number of amides is 2. The van der Waals surface area contributed by atoms with Gasteiger partial charge in [0.2, 0.25) is 5.91 Å². The van der Waals surface area contributed by atoms with Crippen molar-refractivity contribution < 1.29 is 19.1 Å². The van der Waals surface area contributed by atoms with Crippen LogP contribution in [-0.4, -0.2) is 49.4 Å². The van der Waals surface area contributed by atoms with Gasteiger partial charge in [-0.3, -0.25) is 14.4 Å². The molecule has 25 heavy (non-hydrogen) atoms. The van der Waals surface area contributed by atoms with E-state index in [1.54, 1.807) is 24.0 Å². The van der Waals surface area contributed by atoms with Crippen molar-refractivity contribution in [2.45, 2.75) is 20.3 Å². The maximum Gasteiger partial charge on any atom is 0.310 e. The molecule has 0 aliphatic rings. The number of rotatable bonds is 8. The van der Waals surface area contributed by atoms with Gasteiger partial charge in [0.1, 0.15) is 0 Å². The lowest BCUT2D eigenvalue weighted by Gasteiger charge is -2.25. The van der Waals surface area contributed by atoms with Gasteiger partial charge >= 0.3 is 5.97 Å². The van der Waals surface area contributed by atoms with E-state index in [0.29, 0.717) is 30.1 Å². The van der Waals surface area contributed by atoms with E-state index >= 15 is 0 Å². The Bertz CT molecular complexity index is 637. The molecule has 138 valence electrons.